The average Bonchev–Trinajstić information content (AvgIpc) is 3.41. The Morgan fingerprint density at radius 3 is 2.30 bits per heavy atom. The van der Waals surface area contributed by atoms with Crippen molar-refractivity contribution in [3.63, 3.8) is 0 Å². The summed E-state index contributed by atoms with van der Waals surface area (Å²) in [5.74, 6) is -3.65. The van der Waals surface area contributed by atoms with E-state index in [-0.39, 0.29) is 25.0 Å². The maximum absolute atomic E-state index is 13.8. The standard InChI is InChI=1S/C34H47NO11/c1-7-35-15-31(16-41-3)20(37)13-21(42-4)33-19-14-32(40)28(45-30(39)18-11-9-8-10-12-18)22(19)34(46-17(2)36,27(38)29(32)44-6)23(26(33)35)24(43-5)25(31)33/h8-12,19-29,37-38,40H,7,13-16H2,1-6H3/t19?,20-,21+,22?,23?,24+,25?,26-,27+,28-,29+,31+,32-,33+,34-/m1/s1. The molecule has 12 heteroatoms. The molecule has 3 N–H and O–H groups in total. The van der Waals surface area contributed by atoms with Gasteiger partial charge in [0.05, 0.1) is 30.5 Å². The van der Waals surface area contributed by atoms with E-state index in [2.05, 4.69) is 4.90 Å². The van der Waals surface area contributed by atoms with Crippen molar-refractivity contribution >= 4 is 11.9 Å². The predicted molar refractivity (Wildman–Crippen MR) is 160 cm³/mol. The van der Waals surface area contributed by atoms with Crippen LogP contribution in [0.1, 0.15) is 37.0 Å². The van der Waals surface area contributed by atoms with Gasteiger partial charge < -0.3 is 43.7 Å². The lowest BCUT2D eigenvalue weighted by atomic mass is 9.42. The minimum absolute atomic E-state index is 0.0791. The van der Waals surface area contributed by atoms with Crippen LogP contribution in [0.15, 0.2) is 30.3 Å². The number of fused-ring (bicyclic) bond motifs is 2. The molecule has 0 radical (unpaired) electrons. The number of piperidine rings is 1. The maximum atomic E-state index is 13.8. The lowest BCUT2D eigenvalue weighted by Gasteiger charge is -2.70. The zero-order chi connectivity index (χ0) is 33.0. The molecule has 6 fully saturated rings. The third-order valence-corrected chi connectivity index (χ3v) is 13.2. The van der Waals surface area contributed by atoms with Crippen LogP contribution in [0.25, 0.3) is 0 Å². The van der Waals surface area contributed by atoms with Crippen LogP contribution in [0, 0.1) is 34.5 Å². The topological polar surface area (TPSA) is 153 Å². The number of ether oxygens (including phenoxy) is 6. The number of hydrogen-bond acceptors (Lipinski definition) is 12. The zero-order valence-electron chi connectivity index (χ0n) is 27.3. The van der Waals surface area contributed by atoms with Gasteiger partial charge in [-0.2, -0.15) is 0 Å². The highest BCUT2D eigenvalue weighted by Crippen LogP contribution is 2.80. The number of aliphatic hydroxyl groups is 3. The molecule has 1 aromatic rings. The van der Waals surface area contributed by atoms with Gasteiger partial charge in [0.2, 0.25) is 0 Å². The molecule has 0 amide bonds. The Hall–Kier alpha value is -2.16. The highest BCUT2D eigenvalue weighted by atomic mass is 16.6. The van der Waals surface area contributed by atoms with Crippen molar-refractivity contribution in [3.8, 4) is 0 Å². The van der Waals surface area contributed by atoms with Crippen LogP contribution in [0.5, 0.6) is 0 Å². The highest BCUT2D eigenvalue weighted by molar-refractivity contribution is 5.89. The molecule has 4 unspecified atom stereocenters. The first kappa shape index (κ1) is 32.4. The van der Waals surface area contributed by atoms with Gasteiger partial charge in [0, 0.05) is 83.0 Å². The molecule has 1 heterocycles. The van der Waals surface area contributed by atoms with Crippen LogP contribution in [-0.2, 0) is 33.2 Å². The molecule has 254 valence electrons. The number of rotatable bonds is 9. The molecular weight excluding hydrogens is 598 g/mol. The number of likely N-dealkylation sites (tertiary alicyclic amines) is 1. The third kappa shape index (κ3) is 3.62. The summed E-state index contributed by atoms with van der Waals surface area (Å²) in [4.78, 5) is 29.3. The molecule has 1 saturated heterocycles. The Morgan fingerprint density at radius 2 is 1.72 bits per heavy atom. The molecule has 12 nitrogen and oxygen atoms in total. The van der Waals surface area contributed by atoms with Gasteiger partial charge >= 0.3 is 11.9 Å². The van der Waals surface area contributed by atoms with Crippen LogP contribution in [-0.4, -0.2) is 134 Å². The van der Waals surface area contributed by atoms with Crippen molar-refractivity contribution in [3.05, 3.63) is 35.9 Å². The zero-order valence-corrected chi connectivity index (χ0v) is 27.3. The predicted octanol–water partition coefficient (Wildman–Crippen LogP) is 0.648. The first-order chi connectivity index (χ1) is 22.0. The molecule has 1 spiro atoms. The fraction of sp³-hybridized carbons (Fsp3) is 0.765. The quantitative estimate of drug-likeness (QED) is 0.323. The Balaban J connectivity index is 1.53. The first-order valence-electron chi connectivity index (χ1n) is 16.3. The van der Waals surface area contributed by atoms with Gasteiger partial charge in [-0.15, -0.1) is 0 Å². The number of nitrogens with zero attached hydrogens (tertiary/aromatic N) is 1. The number of carbonyl (C=O) groups is 2. The SMILES string of the molecule is CCN1C[C@@]2(COC)C3[C@@H](OC)C4[C@@H]1[C@@]3(C1C[C@@]3(O)[C@H](OC(=O)c5ccccc5)C1[C@]4(OC(C)=O)[C@@H](O)[C@@H]3OC)[C@@H](OC)C[C@H]2O. The van der Waals surface area contributed by atoms with Gasteiger partial charge in [-0.25, -0.2) is 4.79 Å². The molecule has 5 aliphatic carbocycles. The summed E-state index contributed by atoms with van der Waals surface area (Å²) in [6.07, 6.45) is -5.49. The highest BCUT2D eigenvalue weighted by Gasteiger charge is 2.92. The fourth-order valence-corrected chi connectivity index (χ4v) is 12.3. The fourth-order valence-electron chi connectivity index (χ4n) is 12.3. The van der Waals surface area contributed by atoms with E-state index >= 15 is 0 Å². The van der Waals surface area contributed by atoms with E-state index in [1.807, 2.05) is 6.92 Å². The molecule has 46 heavy (non-hydrogen) atoms. The van der Waals surface area contributed by atoms with E-state index in [0.717, 1.165) is 0 Å². The van der Waals surface area contributed by atoms with Gasteiger partial charge in [-0.05, 0) is 31.0 Å². The molecule has 6 aliphatic rings. The van der Waals surface area contributed by atoms with Crippen molar-refractivity contribution in [1.82, 2.24) is 4.90 Å². The minimum atomic E-state index is -1.83. The molecule has 5 saturated carbocycles. The second-order valence-corrected chi connectivity index (χ2v) is 14.4. The van der Waals surface area contributed by atoms with Crippen molar-refractivity contribution in [2.45, 2.75) is 80.6 Å². The van der Waals surface area contributed by atoms with E-state index in [9.17, 15) is 24.9 Å². The largest absolute Gasteiger partial charge is 0.455 e. The van der Waals surface area contributed by atoms with E-state index in [0.29, 0.717) is 25.1 Å². The number of benzene rings is 1. The summed E-state index contributed by atoms with van der Waals surface area (Å²) >= 11 is 0. The third-order valence-electron chi connectivity index (χ3n) is 13.2. The van der Waals surface area contributed by atoms with Crippen molar-refractivity contribution in [2.75, 3.05) is 48.1 Å². The lowest BCUT2D eigenvalue weighted by Crippen LogP contribution is -2.81. The second-order valence-electron chi connectivity index (χ2n) is 14.4. The van der Waals surface area contributed by atoms with Crippen LogP contribution < -0.4 is 0 Å². The summed E-state index contributed by atoms with van der Waals surface area (Å²) in [5.41, 5.74) is -4.79. The molecule has 15 atom stereocenters. The summed E-state index contributed by atoms with van der Waals surface area (Å²) < 4.78 is 37.4. The van der Waals surface area contributed by atoms with Crippen LogP contribution in [0.3, 0.4) is 0 Å². The number of aliphatic hydroxyl groups excluding tert-OH is 2. The molecule has 7 bridgehead atoms. The van der Waals surface area contributed by atoms with E-state index < -0.39 is 88.3 Å². The summed E-state index contributed by atoms with van der Waals surface area (Å²) in [6, 6.07) is 8.18. The van der Waals surface area contributed by atoms with Gasteiger partial charge in [0.15, 0.2) is 5.60 Å². The smallest absolute Gasteiger partial charge is 0.338 e. The normalized spacial score (nSPS) is 49.9. The number of methoxy groups -OCH3 is 4. The second kappa shape index (κ2) is 10.9. The van der Waals surface area contributed by atoms with Gasteiger partial charge in [0.25, 0.3) is 0 Å². The summed E-state index contributed by atoms with van der Waals surface area (Å²) in [7, 11) is 6.27. The summed E-state index contributed by atoms with van der Waals surface area (Å²) in [5, 5.41) is 37.3. The van der Waals surface area contributed by atoms with Gasteiger partial charge in [-0.1, -0.05) is 25.1 Å². The molecule has 1 aromatic carbocycles. The summed E-state index contributed by atoms with van der Waals surface area (Å²) in [6.45, 7) is 4.68. The number of hydrogen-bond donors (Lipinski definition) is 3. The Kier molecular flexibility index (Phi) is 7.69. The van der Waals surface area contributed by atoms with E-state index in [4.69, 9.17) is 28.4 Å². The molecular formula is C34H47NO11. The molecule has 0 aromatic heterocycles. The monoisotopic (exact) mass is 645 g/mol. The van der Waals surface area contributed by atoms with Crippen LogP contribution in [0.2, 0.25) is 0 Å². The maximum Gasteiger partial charge on any atom is 0.338 e. The Morgan fingerprint density at radius 1 is 1.00 bits per heavy atom. The van der Waals surface area contributed by atoms with Crippen molar-refractivity contribution < 1.29 is 53.3 Å². The van der Waals surface area contributed by atoms with E-state index in [1.165, 1.54) is 14.0 Å². The van der Waals surface area contributed by atoms with Crippen molar-refractivity contribution in [2.24, 2.45) is 34.5 Å². The number of carbonyl (C=O) groups excluding carboxylic acids is 2. The average molecular weight is 646 g/mol. The van der Waals surface area contributed by atoms with Gasteiger partial charge in [-0.3, -0.25) is 9.69 Å². The van der Waals surface area contributed by atoms with Gasteiger partial charge in [0.1, 0.15) is 23.9 Å². The minimum Gasteiger partial charge on any atom is -0.455 e. The first-order valence-corrected chi connectivity index (χ1v) is 16.3. The Labute approximate surface area is 269 Å². The molecule has 7 rings (SSSR count). The van der Waals surface area contributed by atoms with Crippen LogP contribution >= 0.6 is 0 Å². The lowest BCUT2D eigenvalue weighted by molar-refractivity contribution is -0.322. The number of esters is 2. The molecule has 1 aliphatic heterocycles. The van der Waals surface area contributed by atoms with E-state index in [1.54, 1.807) is 51.7 Å². The van der Waals surface area contributed by atoms with Crippen LogP contribution in [0.4, 0.5) is 0 Å². The van der Waals surface area contributed by atoms with Crippen molar-refractivity contribution in [1.29, 1.82) is 0 Å². The Bertz CT molecular complexity index is 1360.